The average molecular weight is 529 g/mol. The number of rotatable bonds is 11. The van der Waals surface area contributed by atoms with Crippen molar-refractivity contribution in [3.63, 3.8) is 0 Å². The molecule has 0 heterocycles. The van der Waals surface area contributed by atoms with Crippen LogP contribution in [-0.4, -0.2) is 54.0 Å². The fourth-order valence-corrected chi connectivity index (χ4v) is 2.72. The maximum absolute atomic E-state index is 5.72. The number of nitrogens with zero attached hydrogens (tertiary/aromatic N) is 1. The van der Waals surface area contributed by atoms with E-state index in [0.717, 1.165) is 54.9 Å². The zero-order valence-electron chi connectivity index (χ0n) is 18.1. The highest BCUT2D eigenvalue weighted by atomic mass is 127. The normalized spacial score (nSPS) is 10.6. The van der Waals surface area contributed by atoms with Crippen molar-refractivity contribution in [2.75, 3.05) is 48.1 Å². The van der Waals surface area contributed by atoms with Crippen molar-refractivity contribution in [2.24, 2.45) is 4.99 Å². The monoisotopic (exact) mass is 529 g/mol. The Morgan fingerprint density at radius 1 is 0.833 bits per heavy atom. The highest BCUT2D eigenvalue weighted by Gasteiger charge is 2.05. The van der Waals surface area contributed by atoms with Crippen LogP contribution in [0.2, 0.25) is 0 Å². The molecule has 0 aromatic heterocycles. The van der Waals surface area contributed by atoms with Crippen LogP contribution in [0.5, 0.6) is 23.0 Å². The van der Waals surface area contributed by atoms with Crippen LogP contribution in [0.3, 0.4) is 0 Å². The lowest BCUT2D eigenvalue weighted by atomic mass is 10.1. The largest absolute Gasteiger partial charge is 0.497 e. The molecule has 0 aliphatic rings. The molecule has 0 fully saturated rings. The Balaban J connectivity index is 0.00000450. The fourth-order valence-electron chi connectivity index (χ4n) is 2.72. The lowest BCUT2D eigenvalue weighted by molar-refractivity contribution is 0.310. The number of ether oxygens (including phenoxy) is 4. The summed E-state index contributed by atoms with van der Waals surface area (Å²) in [5, 5.41) is 6.61. The lowest BCUT2D eigenvalue weighted by Crippen LogP contribution is -2.39. The number of guanidine groups is 1. The smallest absolute Gasteiger partial charge is 0.190 e. The molecule has 0 aliphatic carbocycles. The summed E-state index contributed by atoms with van der Waals surface area (Å²) < 4.78 is 21.5. The molecule has 0 spiro atoms. The second-order valence-corrected chi connectivity index (χ2v) is 6.24. The van der Waals surface area contributed by atoms with Gasteiger partial charge in [-0.25, -0.2) is 0 Å². The highest BCUT2D eigenvalue weighted by Crippen LogP contribution is 2.27. The van der Waals surface area contributed by atoms with Gasteiger partial charge in [-0.2, -0.15) is 0 Å². The van der Waals surface area contributed by atoms with Crippen LogP contribution >= 0.6 is 24.0 Å². The summed E-state index contributed by atoms with van der Waals surface area (Å²) >= 11 is 0. The fraction of sp³-hybridized carbons (Fsp3) is 0.409. The van der Waals surface area contributed by atoms with Crippen molar-refractivity contribution < 1.29 is 18.9 Å². The Bertz CT molecular complexity index is 769. The van der Waals surface area contributed by atoms with E-state index in [9.17, 15) is 0 Å². The number of benzene rings is 2. The van der Waals surface area contributed by atoms with Crippen molar-refractivity contribution in [2.45, 2.75) is 12.8 Å². The maximum atomic E-state index is 5.72. The molecule has 0 radical (unpaired) electrons. The van der Waals surface area contributed by atoms with Gasteiger partial charge in [0, 0.05) is 20.1 Å². The number of methoxy groups -OCH3 is 3. The molecule has 0 saturated heterocycles. The summed E-state index contributed by atoms with van der Waals surface area (Å²) in [6.07, 6.45) is 1.71. The first-order valence-electron chi connectivity index (χ1n) is 9.62. The number of hydrogen-bond acceptors (Lipinski definition) is 5. The van der Waals surface area contributed by atoms with E-state index in [1.165, 1.54) is 5.56 Å². The van der Waals surface area contributed by atoms with Crippen molar-refractivity contribution in [3.05, 3.63) is 48.0 Å². The Morgan fingerprint density at radius 3 is 2.13 bits per heavy atom. The van der Waals surface area contributed by atoms with Gasteiger partial charge in [0.1, 0.15) is 11.5 Å². The van der Waals surface area contributed by atoms with E-state index in [-0.39, 0.29) is 24.0 Å². The zero-order valence-corrected chi connectivity index (χ0v) is 20.4. The second-order valence-electron chi connectivity index (χ2n) is 6.24. The van der Waals surface area contributed by atoms with Crippen LogP contribution in [0.25, 0.3) is 0 Å². The first-order chi connectivity index (χ1) is 14.2. The van der Waals surface area contributed by atoms with E-state index in [4.69, 9.17) is 18.9 Å². The van der Waals surface area contributed by atoms with Gasteiger partial charge in [-0.3, -0.25) is 4.99 Å². The van der Waals surface area contributed by atoms with E-state index in [2.05, 4.69) is 15.6 Å². The maximum Gasteiger partial charge on any atom is 0.190 e. The minimum Gasteiger partial charge on any atom is -0.497 e. The molecule has 2 N–H and O–H groups in total. The van der Waals surface area contributed by atoms with E-state index in [1.807, 2.05) is 42.5 Å². The van der Waals surface area contributed by atoms with Gasteiger partial charge in [0.05, 0.1) is 27.9 Å². The molecule has 2 aromatic rings. The Hall–Kier alpha value is -2.36. The van der Waals surface area contributed by atoms with E-state index in [1.54, 1.807) is 28.4 Å². The topological polar surface area (TPSA) is 73.3 Å². The van der Waals surface area contributed by atoms with Gasteiger partial charge in [0.2, 0.25) is 0 Å². The van der Waals surface area contributed by atoms with Gasteiger partial charge in [-0.05, 0) is 54.8 Å². The third-order valence-electron chi connectivity index (χ3n) is 4.32. The molecule has 166 valence electrons. The summed E-state index contributed by atoms with van der Waals surface area (Å²) in [7, 11) is 6.69. The summed E-state index contributed by atoms with van der Waals surface area (Å²) in [6, 6.07) is 13.5. The first-order valence-corrected chi connectivity index (χ1v) is 9.62. The number of nitrogens with one attached hydrogen (secondary N) is 2. The Kier molecular flexibility index (Phi) is 12.5. The average Bonchev–Trinajstić information content (AvgIpc) is 2.77. The van der Waals surface area contributed by atoms with E-state index >= 15 is 0 Å². The quantitative estimate of drug-likeness (QED) is 0.201. The Morgan fingerprint density at radius 2 is 1.50 bits per heavy atom. The molecule has 2 aromatic carbocycles. The van der Waals surface area contributed by atoms with E-state index in [0.29, 0.717) is 6.61 Å². The molecular formula is C22H32IN3O4. The number of halogens is 1. The van der Waals surface area contributed by atoms with Crippen molar-refractivity contribution >= 4 is 29.9 Å². The van der Waals surface area contributed by atoms with Crippen molar-refractivity contribution in [3.8, 4) is 23.0 Å². The molecule has 8 heteroatoms. The number of aliphatic imine (C=N–C) groups is 1. The minimum absolute atomic E-state index is 0. The van der Waals surface area contributed by atoms with Gasteiger partial charge in [-0.1, -0.05) is 6.07 Å². The van der Waals surface area contributed by atoms with Gasteiger partial charge in [0.25, 0.3) is 0 Å². The molecular weight excluding hydrogens is 497 g/mol. The van der Waals surface area contributed by atoms with Crippen LogP contribution in [0.1, 0.15) is 12.0 Å². The molecule has 0 unspecified atom stereocenters. The van der Waals surface area contributed by atoms with Crippen molar-refractivity contribution in [1.29, 1.82) is 0 Å². The van der Waals surface area contributed by atoms with E-state index < -0.39 is 0 Å². The summed E-state index contributed by atoms with van der Waals surface area (Å²) in [6.45, 7) is 2.16. The molecule has 0 amide bonds. The molecule has 30 heavy (non-hydrogen) atoms. The second kappa shape index (κ2) is 14.6. The van der Waals surface area contributed by atoms with Gasteiger partial charge < -0.3 is 29.6 Å². The molecule has 2 rings (SSSR count). The standard InChI is InChI=1S/C22H31N3O4.HI/c1-23-22(24-13-5-15-29-19-9-7-18(26-2)8-10-19)25-14-12-17-6-11-20(27-3)21(16-17)28-4;/h6-11,16H,5,12-15H2,1-4H3,(H2,23,24,25);1H. The molecule has 7 nitrogen and oxygen atoms in total. The van der Waals surface area contributed by atoms with Crippen molar-refractivity contribution in [1.82, 2.24) is 10.6 Å². The zero-order chi connectivity index (χ0) is 20.9. The molecule has 0 bridgehead atoms. The SMILES string of the molecule is CN=C(NCCCOc1ccc(OC)cc1)NCCc1ccc(OC)c(OC)c1.I. The number of hydrogen-bond donors (Lipinski definition) is 2. The first kappa shape index (κ1) is 25.7. The summed E-state index contributed by atoms with van der Waals surface area (Å²) in [5.74, 6) is 3.91. The molecule has 0 saturated carbocycles. The highest BCUT2D eigenvalue weighted by molar-refractivity contribution is 14.0. The predicted octanol–water partition coefficient (Wildman–Crippen LogP) is 3.51. The van der Waals surface area contributed by atoms with Gasteiger partial charge in [0.15, 0.2) is 17.5 Å². The van der Waals surface area contributed by atoms with Crippen LogP contribution in [0, 0.1) is 0 Å². The molecule has 0 aliphatic heterocycles. The third kappa shape index (κ3) is 8.56. The minimum atomic E-state index is 0. The predicted molar refractivity (Wildman–Crippen MR) is 131 cm³/mol. The van der Waals surface area contributed by atoms with Crippen LogP contribution in [-0.2, 0) is 6.42 Å². The van der Waals surface area contributed by atoms with Crippen LogP contribution < -0.4 is 29.6 Å². The van der Waals surface area contributed by atoms with Gasteiger partial charge >= 0.3 is 0 Å². The van der Waals surface area contributed by atoms with Gasteiger partial charge in [-0.15, -0.1) is 24.0 Å². The summed E-state index contributed by atoms with van der Waals surface area (Å²) in [4.78, 5) is 4.25. The van der Waals surface area contributed by atoms with Crippen LogP contribution in [0.15, 0.2) is 47.5 Å². The summed E-state index contributed by atoms with van der Waals surface area (Å²) in [5.41, 5.74) is 1.17. The molecule has 0 atom stereocenters. The lowest BCUT2D eigenvalue weighted by Gasteiger charge is -2.13. The third-order valence-corrected chi connectivity index (χ3v) is 4.32. The Labute approximate surface area is 196 Å². The van der Waals surface area contributed by atoms with Crippen LogP contribution in [0.4, 0.5) is 0 Å².